The summed E-state index contributed by atoms with van der Waals surface area (Å²) < 4.78 is 16.4. The average Bonchev–Trinajstić information content (AvgIpc) is 2.66. The summed E-state index contributed by atoms with van der Waals surface area (Å²) in [4.78, 5) is 36.3. The first-order valence-electron chi connectivity index (χ1n) is 8.61. The van der Waals surface area contributed by atoms with Crippen molar-refractivity contribution in [2.75, 3.05) is 11.6 Å². The van der Waals surface area contributed by atoms with Gasteiger partial charge in [-0.2, -0.15) is 4.36 Å². The molecule has 27 heavy (non-hydrogen) atoms. The molecule has 2 aromatic rings. The molecule has 1 aliphatic rings. The van der Waals surface area contributed by atoms with Crippen molar-refractivity contribution in [1.29, 1.82) is 0 Å². The van der Waals surface area contributed by atoms with Crippen molar-refractivity contribution in [3.63, 3.8) is 0 Å². The van der Waals surface area contributed by atoms with Crippen molar-refractivity contribution in [2.45, 2.75) is 30.6 Å². The van der Waals surface area contributed by atoms with E-state index >= 15 is 0 Å². The number of nitrogens with one attached hydrogen (secondary N) is 1. The fourth-order valence-corrected chi connectivity index (χ4v) is 4.13. The number of hydrogen-bond acceptors (Lipinski definition) is 4. The van der Waals surface area contributed by atoms with Crippen LogP contribution in [-0.4, -0.2) is 28.1 Å². The maximum absolute atomic E-state index is 12.6. The molecule has 1 aliphatic heterocycles. The molecule has 7 heteroatoms. The van der Waals surface area contributed by atoms with Crippen LogP contribution in [0.25, 0.3) is 0 Å². The van der Waals surface area contributed by atoms with Gasteiger partial charge in [-0.05, 0) is 42.3 Å². The van der Waals surface area contributed by atoms with E-state index in [4.69, 9.17) is 0 Å². The molecule has 0 bridgehead atoms. The maximum Gasteiger partial charge on any atom is 0.254 e. The van der Waals surface area contributed by atoms with Crippen LogP contribution in [0.15, 0.2) is 57.8 Å². The first-order chi connectivity index (χ1) is 12.8. The van der Waals surface area contributed by atoms with E-state index in [9.17, 15) is 18.6 Å². The molecule has 0 aliphatic carbocycles. The second-order valence-electron chi connectivity index (χ2n) is 6.44. The quantitative estimate of drug-likeness (QED) is 0.801. The molecular formula is C20H20N2O4S. The Morgan fingerprint density at radius 1 is 1.07 bits per heavy atom. The zero-order valence-electron chi connectivity index (χ0n) is 14.9. The Labute approximate surface area is 158 Å². The van der Waals surface area contributed by atoms with Gasteiger partial charge in [0.15, 0.2) is 5.78 Å². The van der Waals surface area contributed by atoms with Gasteiger partial charge in [0.2, 0.25) is 5.91 Å². The zero-order chi connectivity index (χ0) is 19.4. The van der Waals surface area contributed by atoms with E-state index in [0.717, 1.165) is 11.3 Å². The SMILES string of the molecule is CS(=O)(=NC(=O)CCC(=O)c1ccc2c(c1)CCC(=O)N2)c1ccccc1. The molecule has 0 fully saturated rings. The molecule has 2 aromatic carbocycles. The molecular weight excluding hydrogens is 364 g/mol. The Morgan fingerprint density at radius 3 is 2.56 bits per heavy atom. The van der Waals surface area contributed by atoms with E-state index < -0.39 is 15.6 Å². The highest BCUT2D eigenvalue weighted by atomic mass is 32.2. The molecule has 140 valence electrons. The minimum absolute atomic E-state index is 0.00219. The smallest absolute Gasteiger partial charge is 0.254 e. The van der Waals surface area contributed by atoms with Crippen molar-refractivity contribution in [1.82, 2.24) is 0 Å². The summed E-state index contributed by atoms with van der Waals surface area (Å²) >= 11 is 0. The minimum Gasteiger partial charge on any atom is -0.326 e. The van der Waals surface area contributed by atoms with Crippen LogP contribution in [-0.2, 0) is 25.7 Å². The number of carbonyl (C=O) groups is 3. The molecule has 6 nitrogen and oxygen atoms in total. The predicted molar refractivity (Wildman–Crippen MR) is 103 cm³/mol. The van der Waals surface area contributed by atoms with Gasteiger partial charge in [-0.25, -0.2) is 4.21 Å². The lowest BCUT2D eigenvalue weighted by atomic mass is 9.97. The van der Waals surface area contributed by atoms with Crippen LogP contribution in [0.2, 0.25) is 0 Å². The highest BCUT2D eigenvalue weighted by molar-refractivity contribution is 7.93. The normalized spacial score (nSPS) is 15.2. The first-order valence-corrected chi connectivity index (χ1v) is 10.5. The van der Waals surface area contributed by atoms with Crippen LogP contribution in [0, 0.1) is 0 Å². The Morgan fingerprint density at radius 2 is 1.81 bits per heavy atom. The lowest BCUT2D eigenvalue weighted by molar-refractivity contribution is -0.118. The molecule has 0 saturated heterocycles. The van der Waals surface area contributed by atoms with Gasteiger partial charge < -0.3 is 5.32 Å². The Balaban J connectivity index is 1.65. The largest absolute Gasteiger partial charge is 0.326 e. The average molecular weight is 384 g/mol. The van der Waals surface area contributed by atoms with Gasteiger partial charge >= 0.3 is 0 Å². The van der Waals surface area contributed by atoms with E-state index in [1.165, 1.54) is 6.26 Å². The maximum atomic E-state index is 12.6. The van der Waals surface area contributed by atoms with Crippen molar-refractivity contribution in [2.24, 2.45) is 4.36 Å². The van der Waals surface area contributed by atoms with Crippen LogP contribution in [0.1, 0.15) is 35.2 Å². The van der Waals surface area contributed by atoms with Crippen LogP contribution >= 0.6 is 0 Å². The molecule has 0 radical (unpaired) electrons. The van der Waals surface area contributed by atoms with E-state index in [2.05, 4.69) is 9.68 Å². The number of anilines is 1. The first kappa shape index (κ1) is 19.0. The number of hydrogen-bond donors (Lipinski definition) is 1. The van der Waals surface area contributed by atoms with E-state index in [-0.39, 0.29) is 24.5 Å². The number of aryl methyl sites for hydroxylation is 1. The fourth-order valence-electron chi connectivity index (χ4n) is 2.89. The molecule has 0 spiro atoms. The molecule has 3 rings (SSSR count). The summed E-state index contributed by atoms with van der Waals surface area (Å²) in [5, 5.41) is 2.77. The number of benzene rings is 2. The number of carbonyl (C=O) groups excluding carboxylic acids is 3. The van der Waals surface area contributed by atoms with Gasteiger partial charge in [-0.15, -0.1) is 0 Å². The summed E-state index contributed by atoms with van der Waals surface area (Å²) in [7, 11) is -2.82. The summed E-state index contributed by atoms with van der Waals surface area (Å²) in [6.45, 7) is 0. The zero-order valence-corrected chi connectivity index (χ0v) is 15.8. The van der Waals surface area contributed by atoms with E-state index in [1.54, 1.807) is 48.5 Å². The van der Waals surface area contributed by atoms with Crippen LogP contribution in [0.5, 0.6) is 0 Å². The Bertz CT molecular complexity index is 1020. The van der Waals surface area contributed by atoms with Crippen molar-refractivity contribution >= 4 is 33.0 Å². The number of nitrogens with zero attached hydrogens (tertiary/aromatic N) is 1. The topological polar surface area (TPSA) is 92.7 Å². The lowest BCUT2D eigenvalue weighted by Gasteiger charge is -2.17. The third kappa shape index (κ3) is 4.68. The standard InChI is InChI=1S/C20H20N2O4S/c1-27(26,16-5-3-2-4-6-16)22-20(25)12-10-18(23)15-7-9-17-14(13-15)8-11-19(24)21-17/h2-7,9,13H,8,10-12H2,1H3,(H,21,24). The lowest BCUT2D eigenvalue weighted by Crippen LogP contribution is -2.19. The molecule has 1 N–H and O–H groups in total. The van der Waals surface area contributed by atoms with E-state index in [0.29, 0.717) is 23.3 Å². The summed E-state index contributed by atoms with van der Waals surface area (Å²) in [6.07, 6.45) is 2.31. The van der Waals surface area contributed by atoms with Gasteiger partial charge in [-0.1, -0.05) is 18.2 Å². The van der Waals surface area contributed by atoms with Crippen molar-refractivity contribution < 1.29 is 18.6 Å². The van der Waals surface area contributed by atoms with Crippen molar-refractivity contribution in [3.8, 4) is 0 Å². The van der Waals surface area contributed by atoms with Gasteiger partial charge in [0, 0.05) is 41.7 Å². The second kappa shape index (κ2) is 7.84. The van der Waals surface area contributed by atoms with Crippen LogP contribution in [0.3, 0.4) is 0 Å². The highest BCUT2D eigenvalue weighted by Crippen LogP contribution is 2.24. The van der Waals surface area contributed by atoms with Gasteiger partial charge in [0.25, 0.3) is 5.91 Å². The monoisotopic (exact) mass is 384 g/mol. The van der Waals surface area contributed by atoms with Crippen molar-refractivity contribution in [3.05, 3.63) is 59.7 Å². The number of amides is 2. The van der Waals surface area contributed by atoms with Crippen LogP contribution in [0.4, 0.5) is 5.69 Å². The van der Waals surface area contributed by atoms with Gasteiger partial charge in [0.05, 0.1) is 9.73 Å². The highest BCUT2D eigenvalue weighted by Gasteiger charge is 2.17. The molecule has 1 atom stereocenters. The third-order valence-electron chi connectivity index (χ3n) is 4.35. The molecule has 1 heterocycles. The van der Waals surface area contributed by atoms with Gasteiger partial charge in [-0.3, -0.25) is 14.4 Å². The predicted octanol–water partition coefficient (Wildman–Crippen LogP) is 3.22. The second-order valence-corrected chi connectivity index (χ2v) is 8.70. The molecule has 2 amide bonds. The van der Waals surface area contributed by atoms with E-state index in [1.807, 2.05) is 0 Å². The summed E-state index contributed by atoms with van der Waals surface area (Å²) in [6, 6.07) is 13.7. The number of fused-ring (bicyclic) bond motifs is 1. The molecule has 0 aromatic heterocycles. The number of ketones is 1. The van der Waals surface area contributed by atoms with Gasteiger partial charge in [0.1, 0.15) is 0 Å². The Kier molecular flexibility index (Phi) is 5.51. The van der Waals surface area contributed by atoms with Crippen LogP contribution < -0.4 is 5.32 Å². The molecule has 0 saturated carbocycles. The fraction of sp³-hybridized carbons (Fsp3) is 0.250. The summed E-state index contributed by atoms with van der Waals surface area (Å²) in [5.41, 5.74) is 2.14. The Hall–Kier alpha value is -2.80. The minimum atomic E-state index is -2.82. The third-order valence-corrected chi connectivity index (χ3v) is 6.04. The number of Topliss-reactive ketones (excluding diaryl/α,β-unsaturated/α-hetero) is 1. The summed E-state index contributed by atoms with van der Waals surface area (Å²) in [5.74, 6) is -0.763. The molecule has 1 unspecified atom stereocenters. The number of rotatable bonds is 5.